The number of rotatable bonds is 4. The molecule has 1 aliphatic heterocycles. The van der Waals surface area contributed by atoms with Crippen molar-refractivity contribution < 1.29 is 4.74 Å². The van der Waals surface area contributed by atoms with Gasteiger partial charge in [0.2, 0.25) is 0 Å². The van der Waals surface area contributed by atoms with Crippen LogP contribution in [0.5, 0.6) is 5.75 Å². The second-order valence-corrected chi connectivity index (χ2v) is 7.45. The zero-order chi connectivity index (χ0) is 19.0. The molecule has 3 aromatic rings. The Morgan fingerprint density at radius 2 is 2.04 bits per heavy atom. The Labute approximate surface area is 167 Å². The van der Waals surface area contributed by atoms with Gasteiger partial charge in [0.1, 0.15) is 5.75 Å². The van der Waals surface area contributed by atoms with E-state index in [1.54, 1.807) is 17.9 Å². The van der Waals surface area contributed by atoms with E-state index in [0.29, 0.717) is 28.9 Å². The van der Waals surface area contributed by atoms with E-state index in [-0.39, 0.29) is 5.56 Å². The average molecular weight is 404 g/mol. The monoisotopic (exact) mass is 403 g/mol. The van der Waals surface area contributed by atoms with E-state index in [1.807, 2.05) is 36.4 Å². The van der Waals surface area contributed by atoms with Crippen LogP contribution in [0.1, 0.15) is 16.8 Å². The van der Waals surface area contributed by atoms with Crippen LogP contribution in [0.15, 0.2) is 47.3 Å². The number of nitrogens with zero attached hydrogens (tertiary/aromatic N) is 2. The lowest BCUT2D eigenvalue weighted by Gasteiger charge is -2.26. The minimum atomic E-state index is -0.0230. The molecular weight excluding hydrogens is 385 g/mol. The summed E-state index contributed by atoms with van der Waals surface area (Å²) in [5.41, 5.74) is 3.54. The van der Waals surface area contributed by atoms with Crippen LogP contribution < -0.4 is 10.3 Å². The highest BCUT2D eigenvalue weighted by Crippen LogP contribution is 2.25. The number of H-pyrrole nitrogens is 1. The Hall–Kier alpha value is -2.21. The first kappa shape index (κ1) is 18.2. The highest BCUT2D eigenvalue weighted by atomic mass is 35.5. The Morgan fingerprint density at radius 3 is 2.81 bits per heavy atom. The molecule has 0 bridgehead atoms. The van der Waals surface area contributed by atoms with Gasteiger partial charge in [0, 0.05) is 47.9 Å². The van der Waals surface area contributed by atoms with Gasteiger partial charge in [0.05, 0.1) is 18.4 Å². The minimum absolute atomic E-state index is 0.0230. The Kier molecular flexibility index (Phi) is 5.00. The zero-order valence-electron chi connectivity index (χ0n) is 14.8. The number of benzene rings is 2. The van der Waals surface area contributed by atoms with Crippen molar-refractivity contribution in [2.45, 2.75) is 19.5 Å². The molecule has 0 unspecified atom stereocenters. The van der Waals surface area contributed by atoms with E-state index in [0.717, 1.165) is 35.5 Å². The lowest BCUT2D eigenvalue weighted by molar-refractivity contribution is 0.244. The number of hydrogen-bond acceptors (Lipinski definition) is 3. The summed E-state index contributed by atoms with van der Waals surface area (Å²) in [6.45, 7) is 2.11. The topological polar surface area (TPSA) is 50.3 Å². The van der Waals surface area contributed by atoms with Crippen molar-refractivity contribution in [3.63, 3.8) is 0 Å². The van der Waals surface area contributed by atoms with Crippen molar-refractivity contribution >= 4 is 23.2 Å². The largest absolute Gasteiger partial charge is 0.497 e. The molecule has 0 spiro atoms. The van der Waals surface area contributed by atoms with Crippen molar-refractivity contribution in [1.29, 1.82) is 0 Å². The molecule has 0 radical (unpaired) electrons. The molecule has 140 valence electrons. The van der Waals surface area contributed by atoms with Gasteiger partial charge in [0.15, 0.2) is 0 Å². The molecule has 0 fully saturated rings. The lowest BCUT2D eigenvalue weighted by atomic mass is 10.1. The van der Waals surface area contributed by atoms with Gasteiger partial charge in [-0.3, -0.25) is 14.8 Å². The van der Waals surface area contributed by atoms with Crippen molar-refractivity contribution in [3.05, 3.63) is 79.7 Å². The number of aromatic amines is 1. The maximum absolute atomic E-state index is 12.9. The second-order valence-electron chi connectivity index (χ2n) is 6.61. The summed E-state index contributed by atoms with van der Waals surface area (Å²) in [7, 11) is 1.61. The number of aromatic nitrogens is 2. The molecule has 27 heavy (non-hydrogen) atoms. The van der Waals surface area contributed by atoms with Crippen LogP contribution in [0.4, 0.5) is 0 Å². The first-order valence-corrected chi connectivity index (χ1v) is 9.44. The molecule has 7 heteroatoms. The molecule has 5 nitrogen and oxygen atoms in total. The SMILES string of the molecule is COc1cccc(-n2[nH]c3c(c2=O)CN(Cc2ccc(Cl)cc2Cl)CC3)c1. The molecule has 1 aliphatic rings. The fourth-order valence-electron chi connectivity index (χ4n) is 3.42. The van der Waals surface area contributed by atoms with Crippen molar-refractivity contribution in [2.24, 2.45) is 0 Å². The van der Waals surface area contributed by atoms with Crippen LogP contribution in [0, 0.1) is 0 Å². The fraction of sp³-hybridized carbons (Fsp3) is 0.250. The summed E-state index contributed by atoms with van der Waals surface area (Å²) in [5, 5.41) is 4.52. The molecule has 2 aromatic carbocycles. The van der Waals surface area contributed by atoms with Gasteiger partial charge in [-0.2, -0.15) is 0 Å². The Morgan fingerprint density at radius 1 is 1.19 bits per heavy atom. The third kappa shape index (κ3) is 3.63. The van der Waals surface area contributed by atoms with E-state index in [1.165, 1.54) is 0 Å². The van der Waals surface area contributed by atoms with Crippen LogP contribution in [0.3, 0.4) is 0 Å². The number of nitrogens with one attached hydrogen (secondary N) is 1. The summed E-state index contributed by atoms with van der Waals surface area (Å²) < 4.78 is 6.85. The molecule has 0 saturated heterocycles. The zero-order valence-corrected chi connectivity index (χ0v) is 16.3. The smallest absolute Gasteiger partial charge is 0.275 e. The number of halogens is 2. The summed E-state index contributed by atoms with van der Waals surface area (Å²) in [5.74, 6) is 0.714. The fourth-order valence-corrected chi connectivity index (χ4v) is 3.89. The number of methoxy groups -OCH3 is 1. The van der Waals surface area contributed by atoms with E-state index in [9.17, 15) is 4.79 Å². The minimum Gasteiger partial charge on any atom is -0.497 e. The van der Waals surface area contributed by atoms with Crippen LogP contribution >= 0.6 is 23.2 Å². The first-order chi connectivity index (χ1) is 13.0. The third-order valence-corrected chi connectivity index (χ3v) is 5.44. The molecule has 4 rings (SSSR count). The van der Waals surface area contributed by atoms with E-state index >= 15 is 0 Å². The average Bonchev–Trinajstić information content (AvgIpc) is 3.00. The highest BCUT2D eigenvalue weighted by molar-refractivity contribution is 6.35. The van der Waals surface area contributed by atoms with Crippen LogP contribution in [-0.2, 0) is 19.5 Å². The molecular formula is C20H19Cl2N3O2. The summed E-state index contributed by atoms with van der Waals surface area (Å²) >= 11 is 12.3. The van der Waals surface area contributed by atoms with Gasteiger partial charge in [-0.15, -0.1) is 0 Å². The summed E-state index contributed by atoms with van der Waals surface area (Å²) in [6, 6.07) is 13.0. The molecule has 1 N–H and O–H groups in total. The highest BCUT2D eigenvalue weighted by Gasteiger charge is 2.23. The quantitative estimate of drug-likeness (QED) is 0.714. The third-order valence-electron chi connectivity index (χ3n) is 4.85. The van der Waals surface area contributed by atoms with Gasteiger partial charge < -0.3 is 4.74 Å². The van der Waals surface area contributed by atoms with E-state index in [2.05, 4.69) is 10.00 Å². The standard InChI is InChI=1S/C20H19Cl2N3O2/c1-27-16-4-2-3-15(10-16)25-20(26)17-12-24(8-7-19(17)23-25)11-13-5-6-14(21)9-18(13)22/h2-6,9-10,23H,7-8,11-12H2,1H3. The molecule has 0 amide bonds. The predicted octanol–water partition coefficient (Wildman–Crippen LogP) is 4.04. The summed E-state index contributed by atoms with van der Waals surface area (Å²) in [4.78, 5) is 15.2. The maximum atomic E-state index is 12.9. The Bertz CT molecular complexity index is 1040. The van der Waals surface area contributed by atoms with Gasteiger partial charge in [-0.1, -0.05) is 35.3 Å². The van der Waals surface area contributed by atoms with Crippen LogP contribution in [-0.4, -0.2) is 28.3 Å². The molecule has 2 heterocycles. The van der Waals surface area contributed by atoms with Gasteiger partial charge in [-0.05, 0) is 29.8 Å². The number of fused-ring (bicyclic) bond motifs is 1. The molecule has 0 aliphatic carbocycles. The number of hydrogen-bond donors (Lipinski definition) is 1. The van der Waals surface area contributed by atoms with Crippen molar-refractivity contribution in [3.8, 4) is 11.4 Å². The van der Waals surface area contributed by atoms with E-state index < -0.39 is 0 Å². The van der Waals surface area contributed by atoms with Crippen molar-refractivity contribution in [1.82, 2.24) is 14.7 Å². The maximum Gasteiger partial charge on any atom is 0.275 e. The first-order valence-electron chi connectivity index (χ1n) is 8.68. The van der Waals surface area contributed by atoms with E-state index in [4.69, 9.17) is 27.9 Å². The molecule has 1 aromatic heterocycles. The van der Waals surface area contributed by atoms with Gasteiger partial charge in [0.25, 0.3) is 5.56 Å². The van der Waals surface area contributed by atoms with Crippen LogP contribution in [0.2, 0.25) is 10.0 Å². The van der Waals surface area contributed by atoms with Gasteiger partial charge in [-0.25, -0.2) is 4.68 Å². The van der Waals surface area contributed by atoms with Crippen molar-refractivity contribution in [2.75, 3.05) is 13.7 Å². The molecule has 0 saturated carbocycles. The molecule has 0 atom stereocenters. The normalized spacial score (nSPS) is 14.2. The van der Waals surface area contributed by atoms with Gasteiger partial charge >= 0.3 is 0 Å². The lowest BCUT2D eigenvalue weighted by Crippen LogP contribution is -2.32. The van der Waals surface area contributed by atoms with Crippen LogP contribution in [0.25, 0.3) is 5.69 Å². The second kappa shape index (κ2) is 7.43. The Balaban J connectivity index is 1.59. The predicted molar refractivity (Wildman–Crippen MR) is 107 cm³/mol. The number of ether oxygens (including phenoxy) is 1. The summed E-state index contributed by atoms with van der Waals surface area (Å²) in [6.07, 6.45) is 0.784.